The summed E-state index contributed by atoms with van der Waals surface area (Å²) in [4.78, 5) is 8.04. The molecule has 0 bridgehead atoms. The Labute approximate surface area is 167 Å². The average molecular weight is 375 g/mol. The summed E-state index contributed by atoms with van der Waals surface area (Å²) in [6.07, 6.45) is 0. The van der Waals surface area contributed by atoms with Crippen molar-refractivity contribution in [3.05, 3.63) is 95.8 Å². The number of fused-ring (bicyclic) bond motifs is 4. The molecule has 0 saturated carbocycles. The smallest absolute Gasteiger partial charge is 0.211 e. The molecule has 5 rings (SSSR count). The van der Waals surface area contributed by atoms with Crippen LogP contribution in [0.15, 0.2) is 88.7 Å². The van der Waals surface area contributed by atoms with Crippen LogP contribution in [-0.2, 0) is 0 Å². The third-order valence-electron chi connectivity index (χ3n) is 4.89. The quantitative estimate of drug-likeness (QED) is 0.290. The second kappa shape index (κ2) is 6.46. The van der Waals surface area contributed by atoms with Crippen molar-refractivity contribution in [1.29, 1.82) is 5.26 Å². The van der Waals surface area contributed by atoms with Gasteiger partial charge in [0.15, 0.2) is 0 Å². The molecule has 0 aliphatic carbocycles. The standard InChI is InChI=1S/C24H13N3S/c1-26-19-10-6-8-17(15-25)23(19)27-20-11-4-5-12-21(20)28-22-14-13-16-7-2-3-9-18(16)24(22)27/h2-14H. The fraction of sp³-hybridized carbons (Fsp3) is 0. The van der Waals surface area contributed by atoms with Gasteiger partial charge in [-0.2, -0.15) is 5.26 Å². The van der Waals surface area contributed by atoms with Gasteiger partial charge in [0.2, 0.25) is 5.69 Å². The van der Waals surface area contributed by atoms with E-state index in [4.69, 9.17) is 6.57 Å². The number of nitriles is 1. The molecule has 0 atom stereocenters. The molecule has 1 heterocycles. The molecule has 0 fully saturated rings. The van der Waals surface area contributed by atoms with E-state index in [0.29, 0.717) is 16.9 Å². The number of rotatable bonds is 1. The first-order valence-corrected chi connectivity index (χ1v) is 9.63. The molecule has 4 aromatic carbocycles. The van der Waals surface area contributed by atoms with Crippen LogP contribution in [0.25, 0.3) is 15.6 Å². The maximum atomic E-state index is 9.79. The van der Waals surface area contributed by atoms with Crippen molar-refractivity contribution >= 4 is 45.3 Å². The number of benzene rings is 4. The van der Waals surface area contributed by atoms with E-state index < -0.39 is 0 Å². The van der Waals surface area contributed by atoms with Crippen molar-refractivity contribution < 1.29 is 0 Å². The van der Waals surface area contributed by atoms with Gasteiger partial charge in [-0.15, -0.1) is 0 Å². The highest BCUT2D eigenvalue weighted by atomic mass is 32.2. The van der Waals surface area contributed by atoms with Crippen LogP contribution in [0.3, 0.4) is 0 Å². The van der Waals surface area contributed by atoms with Gasteiger partial charge in [0.25, 0.3) is 0 Å². The molecule has 0 spiro atoms. The van der Waals surface area contributed by atoms with E-state index in [2.05, 4.69) is 52.2 Å². The van der Waals surface area contributed by atoms with Gasteiger partial charge in [-0.05, 0) is 29.7 Å². The van der Waals surface area contributed by atoms with Gasteiger partial charge in [0.1, 0.15) is 0 Å². The monoisotopic (exact) mass is 375 g/mol. The van der Waals surface area contributed by atoms with Crippen molar-refractivity contribution in [1.82, 2.24) is 0 Å². The number of hydrogen-bond donors (Lipinski definition) is 0. The molecule has 0 aromatic heterocycles. The van der Waals surface area contributed by atoms with Gasteiger partial charge < -0.3 is 4.90 Å². The summed E-state index contributed by atoms with van der Waals surface area (Å²) in [5.41, 5.74) is 3.62. The van der Waals surface area contributed by atoms with Gasteiger partial charge >= 0.3 is 0 Å². The third-order valence-corrected chi connectivity index (χ3v) is 6.01. The predicted molar refractivity (Wildman–Crippen MR) is 114 cm³/mol. The summed E-state index contributed by atoms with van der Waals surface area (Å²) in [5, 5.41) is 12.0. The topological polar surface area (TPSA) is 31.4 Å². The maximum Gasteiger partial charge on any atom is 0.211 e. The second-order valence-corrected chi connectivity index (χ2v) is 7.52. The lowest BCUT2D eigenvalue weighted by Crippen LogP contribution is -2.16. The van der Waals surface area contributed by atoms with Gasteiger partial charge in [-0.25, -0.2) is 4.85 Å². The van der Waals surface area contributed by atoms with Gasteiger partial charge in [0.05, 0.1) is 35.3 Å². The van der Waals surface area contributed by atoms with Crippen molar-refractivity contribution in [2.24, 2.45) is 0 Å². The molecule has 4 heteroatoms. The molecule has 4 aromatic rings. The van der Waals surface area contributed by atoms with E-state index in [1.54, 1.807) is 30.0 Å². The fourth-order valence-corrected chi connectivity index (χ4v) is 4.78. The lowest BCUT2D eigenvalue weighted by atomic mass is 10.0. The lowest BCUT2D eigenvalue weighted by molar-refractivity contribution is 1.18. The normalized spacial score (nSPS) is 12.0. The second-order valence-electron chi connectivity index (χ2n) is 6.44. The van der Waals surface area contributed by atoms with E-state index in [1.165, 1.54) is 0 Å². The molecule has 0 N–H and O–H groups in total. The minimum atomic E-state index is 0.472. The molecule has 28 heavy (non-hydrogen) atoms. The molecule has 1 aliphatic rings. The van der Waals surface area contributed by atoms with E-state index in [9.17, 15) is 5.26 Å². The van der Waals surface area contributed by atoms with Gasteiger partial charge in [0, 0.05) is 15.2 Å². The lowest BCUT2D eigenvalue weighted by Gasteiger charge is -2.35. The molecular formula is C24H13N3S. The summed E-state index contributed by atoms with van der Waals surface area (Å²) >= 11 is 1.72. The fourth-order valence-electron chi connectivity index (χ4n) is 3.69. The highest BCUT2D eigenvalue weighted by Gasteiger charge is 2.29. The van der Waals surface area contributed by atoms with Crippen molar-refractivity contribution in [3.8, 4) is 6.07 Å². The first-order chi connectivity index (χ1) is 13.8. The Morgan fingerprint density at radius 2 is 1.64 bits per heavy atom. The van der Waals surface area contributed by atoms with Crippen LogP contribution in [-0.4, -0.2) is 0 Å². The Bertz CT molecular complexity index is 1300. The van der Waals surface area contributed by atoms with Crippen molar-refractivity contribution in [2.45, 2.75) is 9.79 Å². The molecule has 0 radical (unpaired) electrons. The molecule has 130 valence electrons. The summed E-state index contributed by atoms with van der Waals surface area (Å²) in [7, 11) is 0. The Balaban J connectivity index is 1.94. The average Bonchev–Trinajstić information content (AvgIpc) is 2.76. The predicted octanol–water partition coefficient (Wildman–Crippen LogP) is 7.20. The summed E-state index contributed by atoms with van der Waals surface area (Å²) < 4.78 is 0. The van der Waals surface area contributed by atoms with Crippen LogP contribution in [0.4, 0.5) is 22.7 Å². The highest BCUT2D eigenvalue weighted by molar-refractivity contribution is 7.99. The van der Waals surface area contributed by atoms with Crippen molar-refractivity contribution in [2.75, 3.05) is 4.90 Å². The van der Waals surface area contributed by atoms with Crippen LogP contribution >= 0.6 is 11.8 Å². The Morgan fingerprint density at radius 3 is 2.50 bits per heavy atom. The zero-order valence-electron chi connectivity index (χ0n) is 14.8. The molecule has 3 nitrogen and oxygen atoms in total. The summed E-state index contributed by atoms with van der Waals surface area (Å²) in [5.74, 6) is 0. The number of anilines is 3. The van der Waals surface area contributed by atoms with Crippen LogP contribution in [0, 0.1) is 17.9 Å². The minimum Gasteiger partial charge on any atom is -0.316 e. The first kappa shape index (κ1) is 16.4. The number of hydrogen-bond acceptors (Lipinski definition) is 3. The Kier molecular flexibility index (Phi) is 3.79. The van der Waals surface area contributed by atoms with Gasteiger partial charge in [-0.3, -0.25) is 0 Å². The first-order valence-electron chi connectivity index (χ1n) is 8.81. The van der Waals surface area contributed by atoms with Crippen LogP contribution in [0.2, 0.25) is 0 Å². The van der Waals surface area contributed by atoms with Crippen LogP contribution < -0.4 is 4.90 Å². The van der Waals surface area contributed by atoms with Crippen LogP contribution in [0.1, 0.15) is 5.56 Å². The van der Waals surface area contributed by atoms with E-state index in [-0.39, 0.29) is 0 Å². The zero-order chi connectivity index (χ0) is 19.1. The number of nitrogens with zero attached hydrogens (tertiary/aromatic N) is 3. The summed E-state index contributed by atoms with van der Waals surface area (Å²) in [6, 6.07) is 28.2. The maximum absolute atomic E-state index is 9.79. The zero-order valence-corrected chi connectivity index (χ0v) is 15.6. The third kappa shape index (κ3) is 2.36. The Hall–Kier alpha value is -3.73. The van der Waals surface area contributed by atoms with Crippen LogP contribution in [0.5, 0.6) is 0 Å². The van der Waals surface area contributed by atoms with E-state index >= 15 is 0 Å². The molecular weight excluding hydrogens is 362 g/mol. The molecule has 0 saturated heterocycles. The van der Waals surface area contributed by atoms with E-state index in [1.807, 2.05) is 24.3 Å². The molecule has 1 aliphatic heterocycles. The number of para-hydroxylation sites is 2. The van der Waals surface area contributed by atoms with Crippen molar-refractivity contribution in [3.63, 3.8) is 0 Å². The SMILES string of the molecule is [C-]#[N+]c1cccc(C#N)c1N1c2ccccc2Sc2ccc3ccccc3c21. The van der Waals surface area contributed by atoms with Gasteiger partial charge in [-0.1, -0.05) is 66.4 Å². The molecule has 0 unspecified atom stereocenters. The largest absolute Gasteiger partial charge is 0.316 e. The Morgan fingerprint density at radius 1 is 0.821 bits per heavy atom. The molecule has 0 amide bonds. The van der Waals surface area contributed by atoms with E-state index in [0.717, 1.165) is 31.9 Å². The summed E-state index contributed by atoms with van der Waals surface area (Å²) in [6.45, 7) is 7.69. The minimum absolute atomic E-state index is 0.472. The highest BCUT2D eigenvalue weighted by Crippen LogP contribution is 2.55.